The number of ether oxygens (including phenoxy) is 1. The van der Waals surface area contributed by atoms with Crippen LogP contribution in [0.5, 0.6) is 0 Å². The number of hydrogen-bond acceptors (Lipinski definition) is 7. The van der Waals surface area contributed by atoms with Crippen molar-refractivity contribution in [1.82, 2.24) is 9.88 Å². The van der Waals surface area contributed by atoms with E-state index >= 15 is 0 Å². The van der Waals surface area contributed by atoms with Gasteiger partial charge in [0.1, 0.15) is 0 Å². The molecule has 0 unspecified atom stereocenters. The highest BCUT2D eigenvalue weighted by atomic mass is 32.1. The Bertz CT molecular complexity index is 874. The lowest BCUT2D eigenvalue weighted by Crippen LogP contribution is -2.35. The third kappa shape index (κ3) is 6.62. The fraction of sp³-hybridized carbons (Fsp3) is 0.429. The van der Waals surface area contributed by atoms with Gasteiger partial charge in [-0.15, -0.1) is 11.3 Å². The fourth-order valence-electron chi connectivity index (χ4n) is 3.13. The summed E-state index contributed by atoms with van der Waals surface area (Å²) in [4.78, 5) is 33.2. The topological polar surface area (TPSA) is 98.6 Å². The van der Waals surface area contributed by atoms with Crippen molar-refractivity contribution in [3.8, 4) is 6.07 Å². The third-order valence-corrected chi connectivity index (χ3v) is 5.48. The van der Waals surface area contributed by atoms with E-state index in [0.29, 0.717) is 11.7 Å². The molecule has 2 heterocycles. The number of anilines is 2. The van der Waals surface area contributed by atoms with Crippen LogP contribution in [0.1, 0.15) is 25.0 Å². The van der Waals surface area contributed by atoms with Crippen LogP contribution >= 0.6 is 11.3 Å². The molecule has 158 valence electrons. The van der Waals surface area contributed by atoms with E-state index in [1.54, 1.807) is 4.90 Å². The molecule has 30 heavy (non-hydrogen) atoms. The number of carbonyl (C=O) groups is 2. The number of carbonyl (C=O) groups excluding carboxylic acids is 2. The molecule has 0 radical (unpaired) electrons. The number of nitriles is 1. The van der Waals surface area contributed by atoms with E-state index in [1.165, 1.54) is 11.3 Å². The molecule has 0 saturated carbocycles. The number of aromatic nitrogens is 1. The van der Waals surface area contributed by atoms with E-state index in [1.807, 2.05) is 35.7 Å². The Labute approximate surface area is 180 Å². The van der Waals surface area contributed by atoms with E-state index in [9.17, 15) is 9.59 Å². The standard InChI is InChI=1S/C21H25N5O3S/c22-9-4-10-26(18-5-2-1-3-6-18)20(28)8-7-19(27)24-21-23-17(16-30-21)15-25-11-13-29-14-12-25/h1-3,5-6,16H,4,7-8,10-15H2,(H,23,24,27). The number of hydrogen-bond donors (Lipinski definition) is 1. The van der Waals surface area contributed by atoms with Crippen LogP contribution in [0.15, 0.2) is 35.7 Å². The van der Waals surface area contributed by atoms with Gasteiger partial charge in [0.15, 0.2) is 5.13 Å². The molecule has 2 aromatic rings. The summed E-state index contributed by atoms with van der Waals surface area (Å²) in [6, 6.07) is 11.2. The minimum absolute atomic E-state index is 0.0626. The fourth-order valence-corrected chi connectivity index (χ4v) is 3.85. The number of benzene rings is 1. The minimum Gasteiger partial charge on any atom is -0.379 e. The summed E-state index contributed by atoms with van der Waals surface area (Å²) in [6.45, 7) is 4.26. The Balaban J connectivity index is 1.48. The molecule has 1 N–H and O–H groups in total. The molecule has 0 bridgehead atoms. The Morgan fingerprint density at radius 3 is 2.73 bits per heavy atom. The van der Waals surface area contributed by atoms with Crippen LogP contribution in [-0.4, -0.2) is 54.5 Å². The van der Waals surface area contributed by atoms with E-state index in [4.69, 9.17) is 10.00 Å². The molecule has 1 aromatic carbocycles. The molecule has 0 atom stereocenters. The first-order valence-corrected chi connectivity index (χ1v) is 10.8. The van der Waals surface area contributed by atoms with Gasteiger partial charge in [0.2, 0.25) is 11.8 Å². The summed E-state index contributed by atoms with van der Waals surface area (Å²) < 4.78 is 5.34. The van der Waals surface area contributed by atoms with Crippen LogP contribution < -0.4 is 10.2 Å². The van der Waals surface area contributed by atoms with Gasteiger partial charge >= 0.3 is 0 Å². The van der Waals surface area contributed by atoms with Crippen LogP contribution in [0.3, 0.4) is 0 Å². The Morgan fingerprint density at radius 1 is 1.23 bits per heavy atom. The second-order valence-corrected chi connectivity index (χ2v) is 7.73. The van der Waals surface area contributed by atoms with Crippen molar-refractivity contribution in [2.75, 3.05) is 43.1 Å². The molecule has 0 aliphatic carbocycles. The van der Waals surface area contributed by atoms with Gasteiger partial charge < -0.3 is 15.0 Å². The van der Waals surface area contributed by atoms with Crippen LogP contribution in [0.2, 0.25) is 0 Å². The lowest BCUT2D eigenvalue weighted by Gasteiger charge is -2.25. The maximum atomic E-state index is 12.6. The molecule has 1 aliphatic heterocycles. The molecule has 8 nitrogen and oxygen atoms in total. The highest BCUT2D eigenvalue weighted by Gasteiger charge is 2.18. The Morgan fingerprint density at radius 2 is 2.00 bits per heavy atom. The summed E-state index contributed by atoms with van der Waals surface area (Å²) in [6.07, 6.45) is 0.364. The van der Waals surface area contributed by atoms with Gasteiger partial charge in [0, 0.05) is 50.1 Å². The average Bonchev–Trinajstić information content (AvgIpc) is 3.20. The van der Waals surface area contributed by atoms with Crippen molar-refractivity contribution < 1.29 is 14.3 Å². The van der Waals surface area contributed by atoms with Crippen LogP contribution in [0.4, 0.5) is 10.8 Å². The zero-order valence-electron chi connectivity index (χ0n) is 16.7. The Hall–Kier alpha value is -2.80. The molecule has 3 rings (SSSR count). The normalized spacial score (nSPS) is 14.1. The predicted octanol–water partition coefficient (Wildman–Crippen LogP) is 2.64. The monoisotopic (exact) mass is 427 g/mol. The lowest BCUT2D eigenvalue weighted by molar-refractivity contribution is -0.122. The van der Waals surface area contributed by atoms with E-state index in [0.717, 1.165) is 44.2 Å². The van der Waals surface area contributed by atoms with Crippen molar-refractivity contribution >= 4 is 34.0 Å². The highest BCUT2D eigenvalue weighted by molar-refractivity contribution is 7.13. The first kappa shape index (κ1) is 21.9. The number of rotatable bonds is 9. The zero-order chi connectivity index (χ0) is 21.2. The Kier molecular flexibility index (Phi) is 8.32. The van der Waals surface area contributed by atoms with Crippen molar-refractivity contribution in [2.24, 2.45) is 0 Å². The van der Waals surface area contributed by atoms with Gasteiger partial charge in [-0.05, 0) is 12.1 Å². The highest BCUT2D eigenvalue weighted by Crippen LogP contribution is 2.19. The molecular weight excluding hydrogens is 402 g/mol. The molecule has 0 spiro atoms. The van der Waals surface area contributed by atoms with Crippen LogP contribution in [-0.2, 0) is 20.9 Å². The van der Waals surface area contributed by atoms with Crippen LogP contribution in [0, 0.1) is 11.3 Å². The quantitative estimate of drug-likeness (QED) is 0.661. The van der Waals surface area contributed by atoms with Gasteiger partial charge in [0.25, 0.3) is 0 Å². The summed E-state index contributed by atoms with van der Waals surface area (Å²) >= 11 is 1.38. The van der Waals surface area contributed by atoms with E-state index < -0.39 is 0 Å². The second kappa shape index (κ2) is 11.4. The third-order valence-electron chi connectivity index (χ3n) is 4.67. The lowest BCUT2D eigenvalue weighted by atomic mass is 10.2. The maximum Gasteiger partial charge on any atom is 0.227 e. The number of nitrogens with zero attached hydrogens (tertiary/aromatic N) is 4. The van der Waals surface area contributed by atoms with Gasteiger partial charge in [-0.25, -0.2) is 4.98 Å². The van der Waals surface area contributed by atoms with Crippen molar-refractivity contribution in [3.05, 3.63) is 41.4 Å². The molecule has 1 aromatic heterocycles. The smallest absolute Gasteiger partial charge is 0.227 e. The summed E-state index contributed by atoms with van der Waals surface area (Å²) in [5.41, 5.74) is 1.64. The SMILES string of the molecule is N#CCCN(C(=O)CCC(=O)Nc1nc(CN2CCOCC2)cs1)c1ccccc1. The number of para-hydroxylation sites is 1. The predicted molar refractivity (Wildman–Crippen MR) is 115 cm³/mol. The second-order valence-electron chi connectivity index (χ2n) is 6.87. The molecule has 1 aliphatic rings. The van der Waals surface area contributed by atoms with Crippen molar-refractivity contribution in [2.45, 2.75) is 25.8 Å². The van der Waals surface area contributed by atoms with Gasteiger partial charge in [-0.2, -0.15) is 5.26 Å². The zero-order valence-corrected chi connectivity index (χ0v) is 17.6. The first-order valence-electron chi connectivity index (χ1n) is 9.92. The number of nitrogens with one attached hydrogen (secondary N) is 1. The van der Waals surface area contributed by atoms with E-state index in [2.05, 4.69) is 21.3 Å². The number of morpholine rings is 1. The minimum atomic E-state index is -0.246. The van der Waals surface area contributed by atoms with Gasteiger partial charge in [-0.1, -0.05) is 18.2 Å². The molecule has 2 amide bonds. The van der Waals surface area contributed by atoms with E-state index in [-0.39, 0.29) is 31.1 Å². The number of thiazole rings is 1. The van der Waals surface area contributed by atoms with Crippen molar-refractivity contribution in [1.29, 1.82) is 5.26 Å². The summed E-state index contributed by atoms with van der Waals surface area (Å²) in [5.74, 6) is -0.428. The maximum absolute atomic E-state index is 12.6. The largest absolute Gasteiger partial charge is 0.379 e. The molecule has 1 saturated heterocycles. The van der Waals surface area contributed by atoms with Crippen molar-refractivity contribution in [3.63, 3.8) is 0 Å². The molecule has 9 heteroatoms. The van der Waals surface area contributed by atoms with Gasteiger partial charge in [0.05, 0.1) is 31.4 Å². The number of amides is 2. The summed E-state index contributed by atoms with van der Waals surface area (Å²) in [7, 11) is 0. The first-order chi connectivity index (χ1) is 14.7. The van der Waals surface area contributed by atoms with Gasteiger partial charge in [-0.3, -0.25) is 14.5 Å². The van der Waals surface area contributed by atoms with Crippen LogP contribution in [0.25, 0.3) is 0 Å². The molecular formula is C21H25N5O3S. The molecule has 1 fully saturated rings. The summed E-state index contributed by atoms with van der Waals surface area (Å²) in [5, 5.41) is 14.1. The average molecular weight is 428 g/mol.